The second kappa shape index (κ2) is 6.30. The van der Waals surface area contributed by atoms with Crippen LogP contribution in [0.25, 0.3) is 0 Å². The Morgan fingerprint density at radius 2 is 1.90 bits per heavy atom. The fourth-order valence-corrected chi connectivity index (χ4v) is 3.16. The number of nitrogens with two attached hydrogens (primary N) is 1. The molecule has 0 aromatic heterocycles. The molecule has 4 nitrogen and oxygen atoms in total. The van der Waals surface area contributed by atoms with Gasteiger partial charge in [0.1, 0.15) is 0 Å². The third kappa shape index (κ3) is 3.44. The highest BCUT2D eigenvalue weighted by molar-refractivity contribution is 5.79. The lowest BCUT2D eigenvalue weighted by Gasteiger charge is -2.39. The summed E-state index contributed by atoms with van der Waals surface area (Å²) < 4.78 is 37.9. The summed E-state index contributed by atoms with van der Waals surface area (Å²) in [5, 5.41) is 3.18. The minimum absolute atomic E-state index is 0.0115. The van der Waals surface area contributed by atoms with Crippen LogP contribution in [0.4, 0.5) is 13.2 Å². The van der Waals surface area contributed by atoms with E-state index in [-0.39, 0.29) is 30.7 Å². The fraction of sp³-hybridized carbons (Fsp3) is 0.923. The number of alkyl halides is 3. The van der Waals surface area contributed by atoms with Gasteiger partial charge in [0, 0.05) is 32.1 Å². The van der Waals surface area contributed by atoms with Gasteiger partial charge in [-0.25, -0.2) is 0 Å². The van der Waals surface area contributed by atoms with Gasteiger partial charge in [0.2, 0.25) is 5.91 Å². The third-order valence-electron chi connectivity index (χ3n) is 4.44. The van der Waals surface area contributed by atoms with Gasteiger partial charge in [-0.05, 0) is 25.7 Å². The lowest BCUT2D eigenvalue weighted by atomic mass is 9.80. The monoisotopic (exact) mass is 293 g/mol. The molecule has 116 valence electrons. The molecular formula is C13H22F3N3O. The van der Waals surface area contributed by atoms with Crippen molar-refractivity contribution in [1.82, 2.24) is 10.2 Å². The molecule has 20 heavy (non-hydrogen) atoms. The van der Waals surface area contributed by atoms with Crippen molar-refractivity contribution < 1.29 is 18.0 Å². The van der Waals surface area contributed by atoms with Gasteiger partial charge in [0.15, 0.2) is 0 Å². The van der Waals surface area contributed by atoms with Crippen molar-refractivity contribution >= 4 is 5.91 Å². The molecule has 1 atom stereocenters. The van der Waals surface area contributed by atoms with Crippen LogP contribution in [0.15, 0.2) is 0 Å². The molecule has 7 heteroatoms. The molecule has 0 spiro atoms. The summed E-state index contributed by atoms with van der Waals surface area (Å²) >= 11 is 0. The molecule has 2 rings (SSSR count). The predicted octanol–water partition coefficient (Wildman–Crippen LogP) is 1.11. The quantitative estimate of drug-likeness (QED) is 0.802. The van der Waals surface area contributed by atoms with E-state index >= 15 is 0 Å². The highest BCUT2D eigenvalue weighted by atomic mass is 19.4. The van der Waals surface area contributed by atoms with Gasteiger partial charge < -0.3 is 16.0 Å². The highest BCUT2D eigenvalue weighted by Crippen LogP contribution is 2.40. The van der Waals surface area contributed by atoms with E-state index < -0.39 is 12.1 Å². The maximum atomic E-state index is 12.6. The van der Waals surface area contributed by atoms with Crippen LogP contribution < -0.4 is 11.1 Å². The Morgan fingerprint density at radius 1 is 1.25 bits per heavy atom. The molecule has 0 radical (unpaired) electrons. The van der Waals surface area contributed by atoms with Crippen LogP contribution in [-0.4, -0.2) is 49.2 Å². The molecular weight excluding hydrogens is 271 g/mol. The van der Waals surface area contributed by atoms with Crippen LogP contribution in [0.5, 0.6) is 0 Å². The molecule has 1 saturated carbocycles. The van der Waals surface area contributed by atoms with Crippen molar-refractivity contribution in [2.45, 2.75) is 37.9 Å². The molecule has 1 unspecified atom stereocenters. The number of rotatable bonds is 2. The first kappa shape index (κ1) is 15.6. The average molecular weight is 293 g/mol. The Morgan fingerprint density at radius 3 is 2.45 bits per heavy atom. The molecule has 1 saturated heterocycles. The minimum atomic E-state index is -4.12. The van der Waals surface area contributed by atoms with Gasteiger partial charge in [-0.3, -0.25) is 4.79 Å². The van der Waals surface area contributed by atoms with Crippen LogP contribution in [-0.2, 0) is 4.79 Å². The predicted molar refractivity (Wildman–Crippen MR) is 68.9 cm³/mol. The average Bonchev–Trinajstić information content (AvgIpc) is 2.45. The first-order chi connectivity index (χ1) is 9.43. The number of halogens is 3. The largest absolute Gasteiger partial charge is 0.391 e. The zero-order valence-electron chi connectivity index (χ0n) is 11.5. The number of hydrogen-bond acceptors (Lipinski definition) is 3. The fourth-order valence-electron chi connectivity index (χ4n) is 3.16. The molecule has 1 amide bonds. The van der Waals surface area contributed by atoms with Crippen molar-refractivity contribution in [3.8, 4) is 0 Å². The van der Waals surface area contributed by atoms with E-state index in [9.17, 15) is 18.0 Å². The summed E-state index contributed by atoms with van der Waals surface area (Å²) in [7, 11) is 0. The van der Waals surface area contributed by atoms with Crippen molar-refractivity contribution in [2.75, 3.05) is 26.2 Å². The molecule has 3 N–H and O–H groups in total. The van der Waals surface area contributed by atoms with E-state index in [1.54, 1.807) is 4.90 Å². The second-order valence-electron chi connectivity index (χ2n) is 5.72. The Labute approximate surface area is 116 Å². The SMILES string of the molecule is NCC1CNCCN1C(=O)C1CCC(C(F)(F)F)CC1. The Hall–Kier alpha value is -0.820. The van der Waals surface area contributed by atoms with Gasteiger partial charge in [-0.15, -0.1) is 0 Å². The van der Waals surface area contributed by atoms with E-state index in [0.717, 1.165) is 6.54 Å². The molecule has 2 aliphatic rings. The Bertz CT molecular complexity index is 340. The number of nitrogens with zero attached hydrogens (tertiary/aromatic N) is 1. The van der Waals surface area contributed by atoms with Crippen molar-refractivity contribution in [1.29, 1.82) is 0 Å². The van der Waals surface area contributed by atoms with Crippen molar-refractivity contribution in [3.63, 3.8) is 0 Å². The third-order valence-corrected chi connectivity index (χ3v) is 4.44. The highest BCUT2D eigenvalue weighted by Gasteiger charge is 2.43. The topological polar surface area (TPSA) is 58.4 Å². The molecule has 2 fully saturated rings. The van der Waals surface area contributed by atoms with E-state index in [2.05, 4.69) is 5.32 Å². The van der Waals surface area contributed by atoms with Gasteiger partial charge in [0.05, 0.1) is 12.0 Å². The molecule has 1 heterocycles. The Balaban J connectivity index is 1.91. The summed E-state index contributed by atoms with van der Waals surface area (Å²) in [6, 6.07) is -0.0309. The first-order valence-corrected chi connectivity index (χ1v) is 7.21. The van der Waals surface area contributed by atoms with E-state index in [1.807, 2.05) is 0 Å². The van der Waals surface area contributed by atoms with Gasteiger partial charge in [0.25, 0.3) is 0 Å². The summed E-state index contributed by atoms with van der Waals surface area (Å²) in [6.45, 7) is 2.37. The Kier molecular flexibility index (Phi) is 4.90. The minimum Gasteiger partial charge on any atom is -0.336 e. The summed E-state index contributed by atoms with van der Waals surface area (Å²) in [4.78, 5) is 14.2. The summed E-state index contributed by atoms with van der Waals surface area (Å²) in [5.41, 5.74) is 5.66. The van der Waals surface area contributed by atoms with E-state index in [1.165, 1.54) is 0 Å². The molecule has 0 bridgehead atoms. The number of carbonyl (C=O) groups is 1. The van der Waals surface area contributed by atoms with Crippen LogP contribution in [0.1, 0.15) is 25.7 Å². The number of nitrogens with one attached hydrogen (secondary N) is 1. The molecule has 1 aliphatic heterocycles. The van der Waals surface area contributed by atoms with Crippen LogP contribution in [0.2, 0.25) is 0 Å². The number of amides is 1. The summed E-state index contributed by atoms with van der Waals surface area (Å²) in [5.74, 6) is -1.51. The normalized spacial score (nSPS) is 32.2. The van der Waals surface area contributed by atoms with Gasteiger partial charge >= 0.3 is 6.18 Å². The zero-order chi connectivity index (χ0) is 14.8. The number of piperazine rings is 1. The lowest BCUT2D eigenvalue weighted by Crippen LogP contribution is -2.58. The maximum Gasteiger partial charge on any atom is 0.391 e. The summed E-state index contributed by atoms with van der Waals surface area (Å²) in [6.07, 6.45) is -3.31. The smallest absolute Gasteiger partial charge is 0.336 e. The molecule has 1 aliphatic carbocycles. The zero-order valence-corrected chi connectivity index (χ0v) is 11.5. The first-order valence-electron chi connectivity index (χ1n) is 7.21. The van der Waals surface area contributed by atoms with Crippen LogP contribution in [0.3, 0.4) is 0 Å². The maximum absolute atomic E-state index is 12.6. The van der Waals surface area contributed by atoms with Crippen molar-refractivity contribution in [3.05, 3.63) is 0 Å². The van der Waals surface area contributed by atoms with E-state index in [4.69, 9.17) is 5.73 Å². The van der Waals surface area contributed by atoms with E-state index in [0.29, 0.717) is 32.5 Å². The van der Waals surface area contributed by atoms with Gasteiger partial charge in [-0.1, -0.05) is 0 Å². The lowest BCUT2D eigenvalue weighted by molar-refractivity contribution is -0.185. The van der Waals surface area contributed by atoms with Gasteiger partial charge in [-0.2, -0.15) is 13.2 Å². The van der Waals surface area contributed by atoms with Crippen LogP contribution >= 0.6 is 0 Å². The van der Waals surface area contributed by atoms with Crippen molar-refractivity contribution in [2.24, 2.45) is 17.6 Å². The second-order valence-corrected chi connectivity index (χ2v) is 5.72. The number of carbonyl (C=O) groups excluding carboxylic acids is 1. The molecule has 0 aromatic rings. The van der Waals surface area contributed by atoms with Crippen LogP contribution in [0, 0.1) is 11.8 Å². The standard InChI is InChI=1S/C13H22F3N3O/c14-13(15,16)10-3-1-9(2-4-10)12(20)19-6-5-18-8-11(19)7-17/h9-11,18H,1-8,17H2. The number of hydrogen-bond donors (Lipinski definition) is 2. The molecule has 0 aromatic carbocycles.